The minimum atomic E-state index is -0.389. The quantitative estimate of drug-likeness (QED) is 0.820. The molecule has 1 N–H and O–H groups in total. The SMILES string of the molecule is CCOc1ccc(C#N)cc1CCN1CCCCC1.CNC(=O)OC(C)(C)C. The van der Waals surface area contributed by atoms with E-state index in [1.54, 1.807) is 0 Å². The number of hydrogen-bond acceptors (Lipinski definition) is 5. The predicted molar refractivity (Wildman–Crippen MR) is 112 cm³/mol. The van der Waals surface area contributed by atoms with Gasteiger partial charge in [-0.2, -0.15) is 5.26 Å². The summed E-state index contributed by atoms with van der Waals surface area (Å²) >= 11 is 0. The van der Waals surface area contributed by atoms with Crippen molar-refractivity contribution in [3.8, 4) is 11.8 Å². The highest BCUT2D eigenvalue weighted by atomic mass is 16.6. The zero-order valence-electron chi connectivity index (χ0n) is 18.0. The summed E-state index contributed by atoms with van der Waals surface area (Å²) in [5, 5.41) is 11.4. The molecule has 0 spiro atoms. The number of hydrogen-bond donors (Lipinski definition) is 1. The number of amides is 1. The molecule has 1 fully saturated rings. The number of nitrogens with one attached hydrogen (secondary N) is 1. The Labute approximate surface area is 169 Å². The van der Waals surface area contributed by atoms with Crippen LogP contribution in [0.5, 0.6) is 5.75 Å². The van der Waals surface area contributed by atoms with Gasteiger partial charge >= 0.3 is 6.09 Å². The Bertz CT molecular complexity index is 641. The van der Waals surface area contributed by atoms with Gasteiger partial charge in [0.1, 0.15) is 11.4 Å². The number of piperidine rings is 1. The molecule has 6 heteroatoms. The molecule has 1 aromatic rings. The van der Waals surface area contributed by atoms with Gasteiger partial charge in [0.05, 0.1) is 18.2 Å². The normalized spacial score (nSPS) is 14.3. The average Bonchev–Trinajstić information content (AvgIpc) is 2.67. The molecule has 28 heavy (non-hydrogen) atoms. The van der Waals surface area contributed by atoms with Crippen LogP contribution in [0.2, 0.25) is 0 Å². The molecular formula is C22H35N3O3. The number of nitrogens with zero attached hydrogens (tertiary/aromatic N) is 2. The maximum atomic E-state index is 10.5. The van der Waals surface area contributed by atoms with E-state index in [-0.39, 0.29) is 11.7 Å². The van der Waals surface area contributed by atoms with Crippen LogP contribution in [0.1, 0.15) is 58.1 Å². The molecule has 0 aliphatic carbocycles. The first-order chi connectivity index (χ1) is 13.3. The smallest absolute Gasteiger partial charge is 0.407 e. The molecular weight excluding hydrogens is 354 g/mol. The van der Waals surface area contributed by atoms with Gasteiger partial charge in [0.25, 0.3) is 0 Å². The van der Waals surface area contributed by atoms with Crippen LogP contribution in [-0.2, 0) is 11.2 Å². The summed E-state index contributed by atoms with van der Waals surface area (Å²) < 4.78 is 10.5. The third-order valence-corrected chi connectivity index (χ3v) is 4.24. The number of benzene rings is 1. The molecule has 1 amide bonds. The van der Waals surface area contributed by atoms with Gasteiger partial charge in [-0.15, -0.1) is 0 Å². The van der Waals surface area contributed by atoms with Gasteiger partial charge in [-0.25, -0.2) is 4.79 Å². The summed E-state index contributed by atoms with van der Waals surface area (Å²) in [7, 11) is 1.54. The van der Waals surface area contributed by atoms with Crippen LogP contribution in [0.25, 0.3) is 0 Å². The number of likely N-dealkylation sites (tertiary alicyclic amines) is 1. The van der Waals surface area contributed by atoms with Crippen LogP contribution in [0.3, 0.4) is 0 Å². The molecule has 0 unspecified atom stereocenters. The Balaban J connectivity index is 0.000000370. The third kappa shape index (κ3) is 9.61. The van der Waals surface area contributed by atoms with Gasteiger partial charge in [0.2, 0.25) is 0 Å². The minimum Gasteiger partial charge on any atom is -0.494 e. The number of alkyl carbamates (subject to hydrolysis) is 1. The van der Waals surface area contributed by atoms with Crippen molar-refractivity contribution in [2.45, 2.75) is 59.0 Å². The van der Waals surface area contributed by atoms with Crippen LogP contribution in [0.4, 0.5) is 4.79 Å². The second-order valence-electron chi connectivity index (χ2n) is 7.77. The van der Waals surface area contributed by atoms with Crippen LogP contribution in [0.15, 0.2) is 18.2 Å². The maximum absolute atomic E-state index is 10.5. The van der Waals surface area contributed by atoms with Gasteiger partial charge in [0, 0.05) is 13.6 Å². The summed E-state index contributed by atoms with van der Waals surface area (Å²) in [4.78, 5) is 13.0. The van der Waals surface area contributed by atoms with E-state index in [2.05, 4.69) is 16.3 Å². The zero-order chi connectivity index (χ0) is 21.0. The topological polar surface area (TPSA) is 74.6 Å². The van der Waals surface area contributed by atoms with Crippen molar-refractivity contribution >= 4 is 6.09 Å². The van der Waals surface area contributed by atoms with Crippen LogP contribution in [-0.4, -0.2) is 49.9 Å². The molecule has 0 saturated carbocycles. The van der Waals surface area contributed by atoms with Gasteiger partial charge < -0.3 is 19.7 Å². The highest BCUT2D eigenvalue weighted by molar-refractivity contribution is 5.67. The molecule has 1 aromatic carbocycles. The van der Waals surface area contributed by atoms with Crippen molar-refractivity contribution in [1.82, 2.24) is 10.2 Å². The summed E-state index contributed by atoms with van der Waals surface area (Å²) in [6.45, 7) is 11.6. The second kappa shape index (κ2) is 12.2. The van der Waals surface area contributed by atoms with Gasteiger partial charge in [-0.05, 0) is 83.8 Å². The lowest BCUT2D eigenvalue weighted by atomic mass is 10.1. The number of carbonyl (C=O) groups is 1. The Hall–Kier alpha value is -2.26. The van der Waals surface area contributed by atoms with Gasteiger partial charge in [-0.1, -0.05) is 6.42 Å². The molecule has 0 aromatic heterocycles. The van der Waals surface area contributed by atoms with Crippen molar-refractivity contribution in [3.05, 3.63) is 29.3 Å². The number of carbonyl (C=O) groups excluding carboxylic acids is 1. The van der Waals surface area contributed by atoms with Crippen molar-refractivity contribution < 1.29 is 14.3 Å². The Kier molecular flexibility index (Phi) is 10.4. The molecule has 0 atom stereocenters. The summed E-state index contributed by atoms with van der Waals surface area (Å²) in [6, 6.07) is 7.93. The van der Waals surface area contributed by atoms with Crippen molar-refractivity contribution in [2.24, 2.45) is 0 Å². The second-order valence-corrected chi connectivity index (χ2v) is 7.77. The fourth-order valence-corrected chi connectivity index (χ4v) is 2.93. The Morgan fingerprint density at radius 2 is 1.93 bits per heavy atom. The molecule has 156 valence electrons. The zero-order valence-corrected chi connectivity index (χ0v) is 18.0. The third-order valence-electron chi connectivity index (χ3n) is 4.24. The van der Waals surface area contributed by atoms with Crippen LogP contribution < -0.4 is 10.1 Å². The molecule has 6 nitrogen and oxygen atoms in total. The number of nitriles is 1. The van der Waals surface area contributed by atoms with E-state index in [1.165, 1.54) is 39.4 Å². The van der Waals surface area contributed by atoms with Gasteiger partial charge in [-0.3, -0.25) is 0 Å². The summed E-state index contributed by atoms with van der Waals surface area (Å²) in [5.74, 6) is 0.929. The molecule has 1 aliphatic heterocycles. The number of rotatable bonds is 5. The first-order valence-corrected chi connectivity index (χ1v) is 10.1. The van der Waals surface area contributed by atoms with E-state index < -0.39 is 0 Å². The molecule has 1 aliphatic rings. The van der Waals surface area contributed by atoms with E-state index in [9.17, 15) is 4.79 Å². The standard InChI is InChI=1S/C16H22N2O.C6H13NO2/c1-2-19-16-7-6-14(13-17)12-15(16)8-11-18-9-4-3-5-10-18;1-6(2,3)9-5(8)7-4/h6-7,12H,2-5,8-11H2,1H3;1-4H3,(H,7,8). The van der Waals surface area contributed by atoms with Crippen LogP contribution >= 0.6 is 0 Å². The lowest BCUT2D eigenvalue weighted by Gasteiger charge is -2.26. The van der Waals surface area contributed by atoms with Crippen molar-refractivity contribution in [2.75, 3.05) is 33.3 Å². The number of ether oxygens (including phenoxy) is 2. The maximum Gasteiger partial charge on any atom is 0.407 e. The molecule has 0 bridgehead atoms. The first kappa shape index (κ1) is 23.8. The van der Waals surface area contributed by atoms with Crippen molar-refractivity contribution in [3.63, 3.8) is 0 Å². The molecule has 2 rings (SSSR count). The van der Waals surface area contributed by atoms with Crippen molar-refractivity contribution in [1.29, 1.82) is 5.26 Å². The van der Waals surface area contributed by atoms with E-state index in [0.717, 1.165) is 29.8 Å². The predicted octanol–water partition coefficient (Wildman–Crippen LogP) is 4.13. The largest absolute Gasteiger partial charge is 0.494 e. The highest BCUT2D eigenvalue weighted by Gasteiger charge is 2.14. The lowest BCUT2D eigenvalue weighted by molar-refractivity contribution is 0.0541. The fourth-order valence-electron chi connectivity index (χ4n) is 2.93. The summed E-state index contributed by atoms with van der Waals surface area (Å²) in [6.07, 6.45) is 4.57. The highest BCUT2D eigenvalue weighted by Crippen LogP contribution is 2.21. The molecule has 0 radical (unpaired) electrons. The minimum absolute atomic E-state index is 0.387. The molecule has 1 saturated heterocycles. The van der Waals surface area contributed by atoms with E-state index in [0.29, 0.717) is 6.61 Å². The van der Waals surface area contributed by atoms with E-state index in [4.69, 9.17) is 14.7 Å². The fraction of sp³-hybridized carbons (Fsp3) is 0.636. The molecule has 1 heterocycles. The lowest BCUT2D eigenvalue weighted by Crippen LogP contribution is -2.31. The monoisotopic (exact) mass is 389 g/mol. The Morgan fingerprint density at radius 1 is 1.25 bits per heavy atom. The first-order valence-electron chi connectivity index (χ1n) is 10.1. The van der Waals surface area contributed by atoms with E-state index >= 15 is 0 Å². The van der Waals surface area contributed by atoms with Gasteiger partial charge in [0.15, 0.2) is 0 Å². The summed E-state index contributed by atoms with van der Waals surface area (Å²) in [5.41, 5.74) is 1.49. The Morgan fingerprint density at radius 3 is 2.43 bits per heavy atom. The van der Waals surface area contributed by atoms with E-state index in [1.807, 2.05) is 45.9 Å². The van der Waals surface area contributed by atoms with Crippen LogP contribution in [0, 0.1) is 11.3 Å². The average molecular weight is 390 g/mol.